The largest absolute Gasteiger partial charge is 0.472 e. The van der Waals surface area contributed by atoms with Crippen LogP contribution in [0.15, 0.2) is 65.6 Å². The van der Waals surface area contributed by atoms with E-state index in [2.05, 4.69) is 9.47 Å². The fourth-order valence-corrected chi connectivity index (χ4v) is 3.78. The number of hydrogen-bond acceptors (Lipinski definition) is 2. The number of furan rings is 1. The fraction of sp³-hybridized carbons (Fsp3) is 0.300. The SMILES string of the molecule is FC(F)(F)c1ccccc1C1c2cccn2CCCN1Cc1ccoc1. The standard InChI is InChI=1S/C20H19F3N2O/c21-20(22,23)17-6-2-1-5-16(17)19-18-7-3-9-24(18)10-4-11-25(19)13-15-8-12-26-14-15/h1-3,5-9,12,14,19H,4,10-11,13H2. The molecule has 0 N–H and O–H groups in total. The zero-order chi connectivity index (χ0) is 18.1. The Kier molecular flexibility index (Phi) is 4.36. The molecule has 1 aromatic carbocycles. The molecule has 0 aliphatic carbocycles. The van der Waals surface area contributed by atoms with Crippen LogP contribution >= 0.6 is 0 Å². The number of aromatic nitrogens is 1. The quantitative estimate of drug-likeness (QED) is 0.648. The van der Waals surface area contributed by atoms with E-state index in [9.17, 15) is 13.2 Å². The highest BCUT2D eigenvalue weighted by Gasteiger charge is 2.38. The number of benzene rings is 1. The number of fused-ring (bicyclic) bond motifs is 1. The molecular weight excluding hydrogens is 341 g/mol. The molecule has 1 aliphatic rings. The van der Waals surface area contributed by atoms with E-state index in [1.165, 1.54) is 12.1 Å². The molecule has 0 bridgehead atoms. The number of alkyl halides is 3. The van der Waals surface area contributed by atoms with Crippen LogP contribution in [0.25, 0.3) is 0 Å². The third-order valence-electron chi connectivity index (χ3n) is 4.88. The summed E-state index contributed by atoms with van der Waals surface area (Å²) in [4.78, 5) is 2.11. The zero-order valence-corrected chi connectivity index (χ0v) is 14.1. The smallest absolute Gasteiger partial charge is 0.416 e. The van der Waals surface area contributed by atoms with Crippen LogP contribution in [0.1, 0.15) is 34.8 Å². The second-order valence-electron chi connectivity index (χ2n) is 6.57. The fourth-order valence-electron chi connectivity index (χ4n) is 3.78. The molecule has 1 aliphatic heterocycles. The normalized spacial score (nSPS) is 18.5. The van der Waals surface area contributed by atoms with E-state index in [0.717, 1.165) is 24.2 Å². The predicted octanol–water partition coefficient (Wildman–Crippen LogP) is 5.10. The summed E-state index contributed by atoms with van der Waals surface area (Å²) in [7, 11) is 0. The number of rotatable bonds is 3. The molecule has 0 saturated heterocycles. The summed E-state index contributed by atoms with van der Waals surface area (Å²) in [5, 5.41) is 0. The third kappa shape index (κ3) is 3.17. The predicted molar refractivity (Wildman–Crippen MR) is 91.5 cm³/mol. The summed E-state index contributed by atoms with van der Waals surface area (Å²) in [5.74, 6) is 0. The molecule has 2 aromatic heterocycles. The lowest BCUT2D eigenvalue weighted by Crippen LogP contribution is -2.31. The summed E-state index contributed by atoms with van der Waals surface area (Å²) >= 11 is 0. The van der Waals surface area contributed by atoms with E-state index in [4.69, 9.17) is 4.42 Å². The first-order valence-electron chi connectivity index (χ1n) is 8.60. The van der Waals surface area contributed by atoms with Gasteiger partial charge in [0.05, 0.1) is 24.1 Å². The van der Waals surface area contributed by atoms with Crippen molar-refractivity contribution in [2.45, 2.75) is 31.7 Å². The van der Waals surface area contributed by atoms with Gasteiger partial charge in [-0.15, -0.1) is 0 Å². The van der Waals surface area contributed by atoms with E-state index in [0.29, 0.717) is 18.7 Å². The Morgan fingerprint density at radius 3 is 2.65 bits per heavy atom. The first-order chi connectivity index (χ1) is 12.5. The molecule has 3 heterocycles. The second-order valence-corrected chi connectivity index (χ2v) is 6.57. The Morgan fingerprint density at radius 2 is 1.88 bits per heavy atom. The van der Waals surface area contributed by atoms with Crippen LogP contribution in [-0.2, 0) is 19.3 Å². The number of halogens is 3. The van der Waals surface area contributed by atoms with Crippen LogP contribution in [0.4, 0.5) is 13.2 Å². The van der Waals surface area contributed by atoms with Gasteiger partial charge in [0.2, 0.25) is 0 Å². The monoisotopic (exact) mass is 360 g/mol. The Bertz CT molecular complexity index is 867. The van der Waals surface area contributed by atoms with Crippen molar-refractivity contribution in [2.75, 3.05) is 6.54 Å². The van der Waals surface area contributed by atoms with E-state index < -0.39 is 17.8 Å². The summed E-state index contributed by atoms with van der Waals surface area (Å²) in [5.41, 5.74) is 1.57. The molecule has 0 spiro atoms. The van der Waals surface area contributed by atoms with Gasteiger partial charge in [0.25, 0.3) is 0 Å². The van der Waals surface area contributed by atoms with Gasteiger partial charge < -0.3 is 8.98 Å². The van der Waals surface area contributed by atoms with Crippen molar-refractivity contribution in [3.8, 4) is 0 Å². The first kappa shape index (κ1) is 17.0. The summed E-state index contributed by atoms with van der Waals surface area (Å²) in [6.07, 6.45) is 1.68. The van der Waals surface area contributed by atoms with Gasteiger partial charge >= 0.3 is 6.18 Å². The maximum absolute atomic E-state index is 13.7. The van der Waals surface area contributed by atoms with E-state index >= 15 is 0 Å². The molecule has 1 unspecified atom stereocenters. The summed E-state index contributed by atoms with van der Waals surface area (Å²) in [6, 6.07) is 11.1. The first-order valence-corrected chi connectivity index (χ1v) is 8.60. The maximum atomic E-state index is 13.7. The van der Waals surface area contributed by atoms with Gasteiger partial charge in [0, 0.05) is 37.1 Å². The van der Waals surface area contributed by atoms with Crippen LogP contribution in [-0.4, -0.2) is 16.0 Å². The summed E-state index contributed by atoms with van der Waals surface area (Å²) < 4.78 is 48.2. The lowest BCUT2D eigenvalue weighted by Gasteiger charge is -2.32. The van der Waals surface area contributed by atoms with E-state index in [-0.39, 0.29) is 0 Å². The van der Waals surface area contributed by atoms with Crippen molar-refractivity contribution in [1.29, 1.82) is 0 Å². The number of nitrogens with zero attached hydrogens (tertiary/aromatic N) is 2. The molecule has 3 nitrogen and oxygen atoms in total. The molecular formula is C20H19F3N2O. The van der Waals surface area contributed by atoms with Gasteiger partial charge in [-0.1, -0.05) is 18.2 Å². The van der Waals surface area contributed by atoms with Crippen LogP contribution in [0.3, 0.4) is 0 Å². The Morgan fingerprint density at radius 1 is 1.04 bits per heavy atom. The zero-order valence-electron chi connectivity index (χ0n) is 14.1. The van der Waals surface area contributed by atoms with E-state index in [1.807, 2.05) is 24.4 Å². The van der Waals surface area contributed by atoms with Crippen molar-refractivity contribution in [2.24, 2.45) is 0 Å². The van der Waals surface area contributed by atoms with Crippen molar-refractivity contribution >= 4 is 0 Å². The highest BCUT2D eigenvalue weighted by Crippen LogP contribution is 2.40. The van der Waals surface area contributed by atoms with Gasteiger partial charge in [0.1, 0.15) is 0 Å². The molecule has 0 fully saturated rings. The van der Waals surface area contributed by atoms with Crippen molar-refractivity contribution in [1.82, 2.24) is 9.47 Å². The highest BCUT2D eigenvalue weighted by molar-refractivity contribution is 5.38. The molecule has 136 valence electrons. The van der Waals surface area contributed by atoms with Crippen LogP contribution < -0.4 is 0 Å². The molecule has 0 saturated carbocycles. The highest BCUT2D eigenvalue weighted by atomic mass is 19.4. The number of hydrogen-bond donors (Lipinski definition) is 0. The third-order valence-corrected chi connectivity index (χ3v) is 4.88. The van der Waals surface area contributed by atoms with Crippen molar-refractivity contribution in [3.63, 3.8) is 0 Å². The maximum Gasteiger partial charge on any atom is 0.416 e. The Balaban J connectivity index is 1.83. The van der Waals surface area contributed by atoms with Crippen LogP contribution in [0.2, 0.25) is 0 Å². The van der Waals surface area contributed by atoms with Crippen LogP contribution in [0.5, 0.6) is 0 Å². The van der Waals surface area contributed by atoms with Gasteiger partial charge in [-0.2, -0.15) is 13.2 Å². The van der Waals surface area contributed by atoms with Crippen LogP contribution in [0, 0.1) is 0 Å². The number of aryl methyl sites for hydroxylation is 1. The Labute approximate surface area is 149 Å². The minimum atomic E-state index is -4.39. The van der Waals surface area contributed by atoms with Crippen molar-refractivity contribution in [3.05, 3.63) is 83.6 Å². The minimum absolute atomic E-state index is 0.297. The summed E-state index contributed by atoms with van der Waals surface area (Å²) in [6.45, 7) is 2.05. The van der Waals surface area contributed by atoms with Gasteiger partial charge in [-0.3, -0.25) is 4.90 Å². The molecule has 1 atom stereocenters. The minimum Gasteiger partial charge on any atom is -0.472 e. The van der Waals surface area contributed by atoms with Gasteiger partial charge in [-0.05, 0) is 36.2 Å². The van der Waals surface area contributed by atoms with Gasteiger partial charge in [0.15, 0.2) is 0 Å². The lowest BCUT2D eigenvalue weighted by molar-refractivity contribution is -0.138. The Hall–Kier alpha value is -2.47. The van der Waals surface area contributed by atoms with Gasteiger partial charge in [-0.25, -0.2) is 0 Å². The molecule has 6 heteroatoms. The molecule has 26 heavy (non-hydrogen) atoms. The molecule has 0 radical (unpaired) electrons. The second kappa shape index (κ2) is 6.68. The topological polar surface area (TPSA) is 21.3 Å². The molecule has 3 aromatic rings. The molecule has 4 rings (SSSR count). The van der Waals surface area contributed by atoms with E-state index in [1.54, 1.807) is 24.7 Å². The molecule has 0 amide bonds. The average Bonchev–Trinajstić information content (AvgIpc) is 3.24. The lowest BCUT2D eigenvalue weighted by atomic mass is 9.95. The van der Waals surface area contributed by atoms with Crippen molar-refractivity contribution < 1.29 is 17.6 Å². The average molecular weight is 360 g/mol.